The Morgan fingerprint density at radius 1 is 1.36 bits per heavy atom. The van der Waals surface area contributed by atoms with Gasteiger partial charge in [0.25, 0.3) is 0 Å². The number of aromatic amines is 1. The lowest BCUT2D eigenvalue weighted by molar-refractivity contribution is -0.114. The fraction of sp³-hybridized carbons (Fsp3) is 0.400. The molecule has 1 aromatic heterocycles. The number of carbonyl (C=O) groups is 1. The number of hydrogen-bond acceptors (Lipinski definition) is 6. The van der Waals surface area contributed by atoms with Crippen molar-refractivity contribution in [1.82, 2.24) is 15.2 Å². The van der Waals surface area contributed by atoms with Gasteiger partial charge in [-0.3, -0.25) is 9.89 Å². The van der Waals surface area contributed by atoms with Crippen molar-refractivity contribution in [2.75, 3.05) is 37.0 Å². The number of morpholine rings is 1. The first-order chi connectivity index (χ1) is 10.7. The number of ether oxygens (including phenoxy) is 1. The van der Waals surface area contributed by atoms with Crippen molar-refractivity contribution in [2.45, 2.75) is 12.1 Å². The summed E-state index contributed by atoms with van der Waals surface area (Å²) in [7, 11) is 0. The summed E-state index contributed by atoms with van der Waals surface area (Å²) in [5, 5.41) is 7.76. The lowest BCUT2D eigenvalue weighted by atomic mass is 10.1. The number of H-pyrrole nitrogens is 1. The summed E-state index contributed by atoms with van der Waals surface area (Å²) in [6.07, 6.45) is 0. The van der Waals surface area contributed by atoms with Gasteiger partial charge < -0.3 is 9.64 Å². The average Bonchev–Trinajstić information content (AvgIpc) is 3.03. The number of nitrogens with one attached hydrogen (secondary N) is 1. The number of aromatic nitrogens is 3. The third-order valence-corrected chi connectivity index (χ3v) is 4.37. The van der Waals surface area contributed by atoms with Gasteiger partial charge in [-0.1, -0.05) is 23.9 Å². The zero-order valence-electron chi connectivity index (χ0n) is 12.4. The lowest BCUT2D eigenvalue weighted by Gasteiger charge is -2.30. The van der Waals surface area contributed by atoms with Crippen molar-refractivity contribution < 1.29 is 9.53 Å². The van der Waals surface area contributed by atoms with Crippen molar-refractivity contribution in [3.05, 3.63) is 24.3 Å². The van der Waals surface area contributed by atoms with E-state index < -0.39 is 0 Å². The van der Waals surface area contributed by atoms with Gasteiger partial charge in [0.1, 0.15) is 5.78 Å². The van der Waals surface area contributed by atoms with Gasteiger partial charge in [-0.25, -0.2) is 4.98 Å². The van der Waals surface area contributed by atoms with Gasteiger partial charge in [0.05, 0.1) is 19.0 Å². The van der Waals surface area contributed by atoms with Crippen LogP contribution in [0.25, 0.3) is 11.4 Å². The predicted molar refractivity (Wildman–Crippen MR) is 86.3 cm³/mol. The van der Waals surface area contributed by atoms with Crippen LogP contribution in [0.2, 0.25) is 0 Å². The molecule has 1 aliphatic rings. The van der Waals surface area contributed by atoms with Gasteiger partial charge in [0.15, 0.2) is 5.82 Å². The molecule has 0 amide bonds. The van der Waals surface area contributed by atoms with E-state index in [2.05, 4.69) is 26.1 Å². The Bertz CT molecular complexity index is 652. The summed E-state index contributed by atoms with van der Waals surface area (Å²) >= 11 is 1.35. The number of ketones is 1. The molecule has 3 rings (SSSR count). The molecule has 1 aliphatic heterocycles. The van der Waals surface area contributed by atoms with E-state index in [4.69, 9.17) is 4.74 Å². The van der Waals surface area contributed by atoms with Crippen LogP contribution in [0.15, 0.2) is 29.4 Å². The molecule has 2 aromatic rings. The normalized spacial score (nSPS) is 15.0. The van der Waals surface area contributed by atoms with Crippen LogP contribution in [0.1, 0.15) is 6.92 Å². The quantitative estimate of drug-likeness (QED) is 0.850. The molecule has 0 atom stereocenters. The van der Waals surface area contributed by atoms with E-state index in [0.29, 0.717) is 10.9 Å². The standard InChI is InChI=1S/C15H18N4O2S/c1-11(20)10-22-15-16-14(17-18-15)12-4-2-3-5-13(12)19-6-8-21-9-7-19/h2-5H,6-10H2,1H3,(H,16,17,18). The topological polar surface area (TPSA) is 71.1 Å². The Hall–Kier alpha value is -1.86. The highest BCUT2D eigenvalue weighted by atomic mass is 32.2. The number of thioether (sulfide) groups is 1. The van der Waals surface area contributed by atoms with Gasteiger partial charge in [-0.05, 0) is 19.1 Å². The Balaban J connectivity index is 1.83. The van der Waals surface area contributed by atoms with Gasteiger partial charge in [0, 0.05) is 24.3 Å². The van der Waals surface area contributed by atoms with E-state index in [0.717, 1.165) is 43.4 Å². The fourth-order valence-electron chi connectivity index (χ4n) is 2.35. The Morgan fingerprint density at radius 2 is 2.14 bits per heavy atom. The van der Waals surface area contributed by atoms with Crippen molar-refractivity contribution in [3.8, 4) is 11.4 Å². The smallest absolute Gasteiger partial charge is 0.209 e. The van der Waals surface area contributed by atoms with Crippen molar-refractivity contribution >= 4 is 23.2 Å². The molecule has 1 saturated heterocycles. The molecule has 0 unspecified atom stereocenters. The minimum Gasteiger partial charge on any atom is -0.378 e. The summed E-state index contributed by atoms with van der Waals surface area (Å²) in [6.45, 7) is 4.79. The number of hydrogen-bond donors (Lipinski definition) is 1. The molecule has 22 heavy (non-hydrogen) atoms. The minimum atomic E-state index is 0.116. The van der Waals surface area contributed by atoms with Crippen LogP contribution < -0.4 is 4.90 Å². The minimum absolute atomic E-state index is 0.116. The molecule has 0 spiro atoms. The number of Topliss-reactive ketones (excluding diaryl/α,β-unsaturated/α-hetero) is 1. The number of anilines is 1. The first kappa shape index (κ1) is 15.1. The maximum atomic E-state index is 11.0. The van der Waals surface area contributed by atoms with Crippen LogP contribution in [0.5, 0.6) is 0 Å². The fourth-order valence-corrected chi connectivity index (χ4v) is 2.95. The molecule has 0 radical (unpaired) electrons. The van der Waals surface area contributed by atoms with E-state index in [1.54, 1.807) is 6.92 Å². The lowest BCUT2D eigenvalue weighted by Crippen LogP contribution is -2.36. The van der Waals surface area contributed by atoms with Crippen LogP contribution in [-0.4, -0.2) is 53.0 Å². The van der Waals surface area contributed by atoms with Crippen LogP contribution in [0.3, 0.4) is 0 Å². The van der Waals surface area contributed by atoms with E-state index >= 15 is 0 Å². The molecule has 1 aromatic carbocycles. The van der Waals surface area contributed by atoms with Gasteiger partial charge in [-0.15, -0.1) is 5.10 Å². The third-order valence-electron chi connectivity index (χ3n) is 3.38. The summed E-state index contributed by atoms with van der Waals surface area (Å²) in [5.74, 6) is 1.24. The summed E-state index contributed by atoms with van der Waals surface area (Å²) < 4.78 is 5.41. The van der Waals surface area contributed by atoms with E-state index in [1.807, 2.05) is 18.2 Å². The molecular weight excluding hydrogens is 300 g/mol. The van der Waals surface area contributed by atoms with E-state index in [1.165, 1.54) is 11.8 Å². The number of rotatable bonds is 5. The molecule has 1 fully saturated rings. The molecule has 6 nitrogen and oxygen atoms in total. The first-order valence-corrected chi connectivity index (χ1v) is 8.19. The third kappa shape index (κ3) is 3.48. The number of nitrogens with zero attached hydrogens (tertiary/aromatic N) is 3. The van der Waals surface area contributed by atoms with Crippen LogP contribution in [-0.2, 0) is 9.53 Å². The van der Waals surface area contributed by atoms with Gasteiger partial charge in [0.2, 0.25) is 5.16 Å². The zero-order chi connectivity index (χ0) is 15.4. The highest BCUT2D eigenvalue weighted by Crippen LogP contribution is 2.29. The van der Waals surface area contributed by atoms with Crippen molar-refractivity contribution in [1.29, 1.82) is 0 Å². The second-order valence-corrected chi connectivity index (χ2v) is 6.02. The maximum absolute atomic E-state index is 11.0. The molecule has 2 heterocycles. The Morgan fingerprint density at radius 3 is 2.91 bits per heavy atom. The van der Waals surface area contributed by atoms with E-state index in [9.17, 15) is 4.79 Å². The molecular formula is C15H18N4O2S. The Labute approximate surface area is 133 Å². The monoisotopic (exact) mass is 318 g/mol. The summed E-state index contributed by atoms with van der Waals surface area (Å²) in [4.78, 5) is 17.8. The summed E-state index contributed by atoms with van der Waals surface area (Å²) in [5.41, 5.74) is 2.15. The summed E-state index contributed by atoms with van der Waals surface area (Å²) in [6, 6.07) is 8.14. The molecule has 7 heteroatoms. The van der Waals surface area contributed by atoms with Crippen LogP contribution in [0.4, 0.5) is 5.69 Å². The average molecular weight is 318 g/mol. The molecule has 116 valence electrons. The Kier molecular flexibility index (Phi) is 4.74. The predicted octanol–water partition coefficient (Wildman–Crippen LogP) is 1.99. The van der Waals surface area contributed by atoms with Crippen LogP contribution in [0, 0.1) is 0 Å². The highest BCUT2D eigenvalue weighted by Gasteiger charge is 2.17. The second kappa shape index (κ2) is 6.93. The first-order valence-electron chi connectivity index (χ1n) is 7.21. The van der Waals surface area contributed by atoms with Crippen LogP contribution >= 0.6 is 11.8 Å². The zero-order valence-corrected chi connectivity index (χ0v) is 13.2. The number of benzene rings is 1. The molecule has 0 aliphatic carbocycles. The largest absolute Gasteiger partial charge is 0.378 e. The van der Waals surface area contributed by atoms with Crippen molar-refractivity contribution in [3.63, 3.8) is 0 Å². The van der Waals surface area contributed by atoms with Gasteiger partial charge >= 0.3 is 0 Å². The van der Waals surface area contributed by atoms with Crippen molar-refractivity contribution in [2.24, 2.45) is 0 Å². The second-order valence-electron chi connectivity index (χ2n) is 5.07. The maximum Gasteiger partial charge on any atom is 0.209 e. The number of carbonyl (C=O) groups excluding carboxylic acids is 1. The SMILES string of the molecule is CC(=O)CSc1n[nH]c(-c2ccccc2N2CCOCC2)n1. The van der Waals surface area contributed by atoms with E-state index in [-0.39, 0.29) is 5.78 Å². The molecule has 0 bridgehead atoms. The highest BCUT2D eigenvalue weighted by molar-refractivity contribution is 7.99. The molecule has 1 N–H and O–H groups in total. The number of para-hydroxylation sites is 1. The van der Waals surface area contributed by atoms with Gasteiger partial charge in [-0.2, -0.15) is 0 Å². The molecule has 0 saturated carbocycles.